The van der Waals surface area contributed by atoms with Gasteiger partial charge in [-0.2, -0.15) is 4.21 Å². The van der Waals surface area contributed by atoms with E-state index in [-0.39, 0.29) is 29.1 Å². The molecule has 0 spiro atoms. The van der Waals surface area contributed by atoms with Crippen LogP contribution in [-0.2, 0) is 17.0 Å². The molecule has 186 valence electrons. The second-order valence-electron chi connectivity index (χ2n) is 7.28. The molecule has 0 bridgehead atoms. The lowest BCUT2D eigenvalue weighted by atomic mass is 9.77. The van der Waals surface area contributed by atoms with Crippen LogP contribution in [0.15, 0.2) is 48.2 Å². The van der Waals surface area contributed by atoms with Gasteiger partial charge in [-0.05, 0) is 17.7 Å². The summed E-state index contributed by atoms with van der Waals surface area (Å²) < 4.78 is 66.0. The van der Waals surface area contributed by atoms with Gasteiger partial charge in [-0.3, -0.25) is 19.1 Å². The SMILES string of the molecule is C[C@@H](c1ncncc1F)[C@](O)(CN1C=NCN1)c1ccc(F)cc1-c1ncncc1F.O=S(O)O. The van der Waals surface area contributed by atoms with Crippen molar-refractivity contribution >= 4 is 17.7 Å². The standard InChI is InChI=1S/C20H18F3N7O.H2O3S/c1-12(18-16(22)5-24-8-27-18)20(31,7-30-11-26-10-29-30)15-3-2-13(21)4-14(15)19-17(23)6-25-9-28-19;1-4(2)3/h2-6,8-9,11-12,29,31H,7,10H2,1H3;(H2,1,2,3)/t12-,20+;/m0./s1. The number of nitrogens with one attached hydrogen (secondary N) is 1. The summed E-state index contributed by atoms with van der Waals surface area (Å²) in [6.45, 7) is 1.75. The molecule has 3 heterocycles. The van der Waals surface area contributed by atoms with Crippen LogP contribution >= 0.6 is 0 Å². The van der Waals surface area contributed by atoms with Gasteiger partial charge < -0.3 is 5.11 Å². The van der Waals surface area contributed by atoms with Crippen LogP contribution < -0.4 is 5.43 Å². The van der Waals surface area contributed by atoms with Gasteiger partial charge in [-0.25, -0.2) is 38.5 Å². The molecule has 2 aromatic heterocycles. The van der Waals surface area contributed by atoms with Gasteiger partial charge in [-0.1, -0.05) is 13.0 Å². The van der Waals surface area contributed by atoms with Gasteiger partial charge in [-0.15, -0.1) is 0 Å². The minimum atomic E-state index is -2.61. The van der Waals surface area contributed by atoms with Crippen molar-refractivity contribution < 1.29 is 31.6 Å². The van der Waals surface area contributed by atoms with Crippen LogP contribution in [0.25, 0.3) is 11.3 Å². The summed E-state index contributed by atoms with van der Waals surface area (Å²) in [6, 6.07) is 3.53. The summed E-state index contributed by atoms with van der Waals surface area (Å²) in [5, 5.41) is 13.5. The number of hydrogen-bond donors (Lipinski definition) is 4. The Morgan fingerprint density at radius 1 is 1.14 bits per heavy atom. The number of β-amino-alcohol motifs (C(OH)–C–C–N with tert-alkyl or cyclic N) is 1. The fourth-order valence-corrected chi connectivity index (χ4v) is 3.59. The van der Waals surface area contributed by atoms with Crippen molar-refractivity contribution in [3.8, 4) is 11.3 Å². The fourth-order valence-electron chi connectivity index (χ4n) is 3.59. The minimum Gasteiger partial charge on any atom is -0.383 e. The zero-order valence-electron chi connectivity index (χ0n) is 18.1. The molecule has 1 aliphatic rings. The Morgan fingerprint density at radius 2 is 1.80 bits per heavy atom. The number of nitrogens with zero attached hydrogens (tertiary/aromatic N) is 6. The van der Waals surface area contributed by atoms with Gasteiger partial charge in [0.25, 0.3) is 11.4 Å². The third-order valence-electron chi connectivity index (χ3n) is 5.19. The predicted octanol–water partition coefficient (Wildman–Crippen LogP) is 1.83. The first-order chi connectivity index (χ1) is 16.6. The molecule has 0 saturated carbocycles. The van der Waals surface area contributed by atoms with Gasteiger partial charge in [0.1, 0.15) is 42.8 Å². The van der Waals surface area contributed by atoms with Crippen LogP contribution in [-0.4, -0.2) is 62.9 Å². The maximum atomic E-state index is 14.5. The van der Waals surface area contributed by atoms with E-state index < -0.39 is 40.3 Å². The van der Waals surface area contributed by atoms with Crippen LogP contribution in [0.1, 0.15) is 24.1 Å². The Hall–Kier alpha value is -3.37. The second kappa shape index (κ2) is 11.4. The number of hydrazine groups is 1. The summed E-state index contributed by atoms with van der Waals surface area (Å²) in [6.07, 6.45) is 5.69. The topological polar surface area (TPSA) is 157 Å². The molecular formula is C20H20F3N7O4S. The van der Waals surface area contributed by atoms with E-state index in [0.717, 1.165) is 30.9 Å². The van der Waals surface area contributed by atoms with E-state index in [1.54, 1.807) is 6.92 Å². The number of benzene rings is 1. The Morgan fingerprint density at radius 3 is 2.40 bits per heavy atom. The zero-order chi connectivity index (χ0) is 25.6. The van der Waals surface area contributed by atoms with Gasteiger partial charge in [0.15, 0.2) is 11.6 Å². The lowest BCUT2D eigenvalue weighted by Crippen LogP contribution is -2.47. The van der Waals surface area contributed by atoms with Crippen molar-refractivity contribution in [1.29, 1.82) is 0 Å². The lowest BCUT2D eigenvalue weighted by Gasteiger charge is -2.38. The molecule has 35 heavy (non-hydrogen) atoms. The number of hydrogen-bond acceptors (Lipinski definition) is 9. The maximum Gasteiger partial charge on any atom is 0.299 e. The molecule has 0 amide bonds. The molecule has 1 aliphatic heterocycles. The smallest absolute Gasteiger partial charge is 0.299 e. The summed E-state index contributed by atoms with van der Waals surface area (Å²) in [7, 11) is 0. The first-order valence-electron chi connectivity index (χ1n) is 9.87. The molecule has 15 heteroatoms. The highest BCUT2D eigenvalue weighted by Crippen LogP contribution is 2.42. The van der Waals surface area contributed by atoms with Gasteiger partial charge >= 0.3 is 0 Å². The van der Waals surface area contributed by atoms with Gasteiger partial charge in [0.05, 0.1) is 24.6 Å². The monoisotopic (exact) mass is 511 g/mol. The number of aromatic nitrogens is 4. The van der Waals surface area contributed by atoms with Crippen molar-refractivity contribution in [2.45, 2.75) is 18.4 Å². The van der Waals surface area contributed by atoms with E-state index in [4.69, 9.17) is 13.3 Å². The molecule has 4 rings (SSSR count). The van der Waals surface area contributed by atoms with E-state index in [9.17, 15) is 18.3 Å². The number of rotatable bonds is 6. The highest BCUT2D eigenvalue weighted by Gasteiger charge is 2.43. The molecule has 4 N–H and O–H groups in total. The van der Waals surface area contributed by atoms with Crippen molar-refractivity contribution in [2.75, 3.05) is 13.2 Å². The van der Waals surface area contributed by atoms with Gasteiger partial charge in [0, 0.05) is 11.5 Å². The highest BCUT2D eigenvalue weighted by atomic mass is 32.2. The second-order valence-corrected chi connectivity index (χ2v) is 7.75. The molecule has 0 unspecified atom stereocenters. The average Bonchev–Trinajstić information content (AvgIpc) is 3.31. The predicted molar refractivity (Wildman–Crippen MR) is 118 cm³/mol. The molecule has 1 aromatic carbocycles. The van der Waals surface area contributed by atoms with Crippen LogP contribution in [0.5, 0.6) is 0 Å². The van der Waals surface area contributed by atoms with E-state index in [2.05, 4.69) is 30.4 Å². The normalized spacial score (nSPS) is 15.5. The minimum absolute atomic E-state index is 0.0138. The maximum absolute atomic E-state index is 14.5. The van der Waals surface area contributed by atoms with E-state index >= 15 is 0 Å². The molecule has 3 aromatic rings. The van der Waals surface area contributed by atoms with E-state index in [1.165, 1.54) is 23.7 Å². The molecular weight excluding hydrogens is 491 g/mol. The molecule has 11 nitrogen and oxygen atoms in total. The number of aliphatic imine (C=N–C) groups is 1. The molecule has 0 saturated heterocycles. The molecule has 0 radical (unpaired) electrons. The summed E-state index contributed by atoms with van der Waals surface area (Å²) >= 11 is -2.61. The number of halogens is 3. The average molecular weight is 511 g/mol. The van der Waals surface area contributed by atoms with Crippen LogP contribution in [0, 0.1) is 17.5 Å². The van der Waals surface area contributed by atoms with Crippen LogP contribution in [0.3, 0.4) is 0 Å². The third kappa shape index (κ3) is 6.20. The summed E-state index contributed by atoms with van der Waals surface area (Å²) in [4.78, 5) is 19.2. The fraction of sp³-hybridized carbons (Fsp3) is 0.250. The lowest BCUT2D eigenvalue weighted by molar-refractivity contribution is -0.0135. The Kier molecular flexibility index (Phi) is 8.52. The van der Waals surface area contributed by atoms with Crippen LogP contribution in [0.4, 0.5) is 13.2 Å². The summed E-state index contributed by atoms with van der Waals surface area (Å²) in [5.74, 6) is -3.10. The van der Waals surface area contributed by atoms with Crippen LogP contribution in [0.2, 0.25) is 0 Å². The van der Waals surface area contributed by atoms with Crippen molar-refractivity contribution in [3.63, 3.8) is 0 Å². The quantitative estimate of drug-likeness (QED) is 0.360. The van der Waals surface area contributed by atoms with Crippen molar-refractivity contribution in [2.24, 2.45) is 4.99 Å². The Bertz CT molecular complexity index is 1230. The third-order valence-corrected chi connectivity index (χ3v) is 5.19. The number of aliphatic hydroxyl groups is 1. The Balaban J connectivity index is 0.000000795. The van der Waals surface area contributed by atoms with E-state index in [0.29, 0.717) is 6.67 Å². The zero-order valence-corrected chi connectivity index (χ0v) is 18.9. The summed E-state index contributed by atoms with van der Waals surface area (Å²) in [5.41, 5.74) is 0.983. The van der Waals surface area contributed by atoms with E-state index in [1.807, 2.05) is 0 Å². The Labute approximate surface area is 199 Å². The largest absolute Gasteiger partial charge is 0.383 e. The molecule has 0 fully saturated rings. The van der Waals surface area contributed by atoms with Gasteiger partial charge in [0.2, 0.25) is 0 Å². The molecule has 2 atom stereocenters. The highest BCUT2D eigenvalue weighted by molar-refractivity contribution is 7.73. The van der Waals surface area contributed by atoms with Crippen molar-refractivity contribution in [1.82, 2.24) is 30.4 Å². The first kappa shape index (κ1) is 26.2. The van der Waals surface area contributed by atoms with Crippen molar-refractivity contribution in [3.05, 3.63) is 72.0 Å². The molecule has 0 aliphatic carbocycles. The first-order valence-corrected chi connectivity index (χ1v) is 10.9.